The van der Waals surface area contributed by atoms with Gasteiger partial charge in [0.15, 0.2) is 17.3 Å². The molecular formula is C27H24N2O5. The highest BCUT2D eigenvalue weighted by atomic mass is 16.7. The summed E-state index contributed by atoms with van der Waals surface area (Å²) in [7, 11) is 0. The van der Waals surface area contributed by atoms with Crippen LogP contribution in [0.25, 0.3) is 6.08 Å². The summed E-state index contributed by atoms with van der Waals surface area (Å²) in [6, 6.07) is 19.1. The number of anilines is 1. The van der Waals surface area contributed by atoms with Crippen LogP contribution in [0, 0.1) is 0 Å². The lowest BCUT2D eigenvalue weighted by Gasteiger charge is -2.36. The summed E-state index contributed by atoms with van der Waals surface area (Å²) in [5.74, 6) is 1.95. The van der Waals surface area contributed by atoms with Gasteiger partial charge in [-0.2, -0.15) is 0 Å². The molecule has 34 heavy (non-hydrogen) atoms. The fourth-order valence-corrected chi connectivity index (χ4v) is 4.63. The van der Waals surface area contributed by atoms with E-state index in [2.05, 4.69) is 34.1 Å². The third-order valence-corrected chi connectivity index (χ3v) is 6.49. The Labute approximate surface area is 197 Å². The van der Waals surface area contributed by atoms with E-state index in [0.717, 1.165) is 31.7 Å². The molecule has 172 valence electrons. The first-order valence-corrected chi connectivity index (χ1v) is 11.4. The van der Waals surface area contributed by atoms with Gasteiger partial charge in [0, 0.05) is 38.4 Å². The van der Waals surface area contributed by atoms with Crippen molar-refractivity contribution in [1.29, 1.82) is 0 Å². The first kappa shape index (κ1) is 20.6. The number of benzene rings is 3. The summed E-state index contributed by atoms with van der Waals surface area (Å²) in [6.07, 6.45) is 1.70. The number of hydrogen-bond acceptors (Lipinski definition) is 7. The van der Waals surface area contributed by atoms with Gasteiger partial charge in [0.05, 0.1) is 11.1 Å². The molecule has 0 unspecified atom stereocenters. The number of piperazine rings is 1. The minimum absolute atomic E-state index is 0.140. The number of ether oxygens (including phenoxy) is 3. The molecular weight excluding hydrogens is 432 g/mol. The molecule has 0 saturated carbocycles. The van der Waals surface area contributed by atoms with Gasteiger partial charge in [0.25, 0.3) is 0 Å². The maximum Gasteiger partial charge on any atom is 0.231 e. The van der Waals surface area contributed by atoms with Crippen molar-refractivity contribution in [3.8, 4) is 23.0 Å². The van der Waals surface area contributed by atoms with Crippen molar-refractivity contribution in [3.63, 3.8) is 0 Å². The first-order chi connectivity index (χ1) is 16.7. The number of allylic oxidation sites excluding steroid dienone is 1. The molecule has 0 atom stereocenters. The van der Waals surface area contributed by atoms with E-state index >= 15 is 0 Å². The molecule has 0 aliphatic carbocycles. The van der Waals surface area contributed by atoms with Gasteiger partial charge < -0.3 is 24.2 Å². The van der Waals surface area contributed by atoms with Crippen molar-refractivity contribution >= 4 is 17.5 Å². The number of ketones is 1. The zero-order chi connectivity index (χ0) is 23.1. The SMILES string of the molecule is O=C1/C(=C/c2ccc3c(c2)OCO3)Oc2c1ccc(O)c2CN1CCN(c2ccccc2)CC1. The molecule has 0 aromatic heterocycles. The van der Waals surface area contributed by atoms with E-state index in [1.807, 2.05) is 24.3 Å². The van der Waals surface area contributed by atoms with Gasteiger partial charge in [-0.15, -0.1) is 0 Å². The number of fused-ring (bicyclic) bond motifs is 2. The normalized spacial score (nSPS) is 18.3. The van der Waals surface area contributed by atoms with Crippen LogP contribution in [-0.4, -0.2) is 48.8 Å². The average Bonchev–Trinajstić information content (AvgIpc) is 3.46. The molecule has 0 amide bonds. The van der Waals surface area contributed by atoms with Crippen LogP contribution in [0.1, 0.15) is 21.5 Å². The van der Waals surface area contributed by atoms with Gasteiger partial charge in [-0.25, -0.2) is 0 Å². The van der Waals surface area contributed by atoms with Crippen LogP contribution in [0.4, 0.5) is 5.69 Å². The van der Waals surface area contributed by atoms with Crippen LogP contribution in [-0.2, 0) is 6.54 Å². The second-order valence-electron chi connectivity index (χ2n) is 8.59. The lowest BCUT2D eigenvalue weighted by Crippen LogP contribution is -2.46. The van der Waals surface area contributed by atoms with E-state index in [0.29, 0.717) is 34.9 Å². The predicted octanol–water partition coefficient (Wildman–Crippen LogP) is 4.06. The Bertz CT molecular complexity index is 1280. The summed E-state index contributed by atoms with van der Waals surface area (Å²) in [6.45, 7) is 4.21. The number of carbonyl (C=O) groups is 1. The zero-order valence-corrected chi connectivity index (χ0v) is 18.6. The number of nitrogens with zero attached hydrogens (tertiary/aromatic N) is 2. The second-order valence-corrected chi connectivity index (χ2v) is 8.59. The van der Waals surface area contributed by atoms with Crippen LogP contribution in [0.5, 0.6) is 23.0 Å². The largest absolute Gasteiger partial charge is 0.507 e. The third-order valence-electron chi connectivity index (χ3n) is 6.49. The number of rotatable bonds is 4. The lowest BCUT2D eigenvalue weighted by molar-refractivity contribution is 0.101. The monoisotopic (exact) mass is 456 g/mol. The Balaban J connectivity index is 1.20. The van der Waals surface area contributed by atoms with Crippen molar-refractivity contribution in [2.75, 3.05) is 37.9 Å². The minimum atomic E-state index is -0.192. The van der Waals surface area contributed by atoms with Crippen molar-refractivity contribution < 1.29 is 24.1 Å². The fourth-order valence-electron chi connectivity index (χ4n) is 4.63. The lowest BCUT2D eigenvalue weighted by atomic mass is 10.0. The molecule has 1 saturated heterocycles. The van der Waals surface area contributed by atoms with Crippen LogP contribution < -0.4 is 19.1 Å². The highest BCUT2D eigenvalue weighted by Crippen LogP contribution is 2.41. The molecule has 7 nitrogen and oxygen atoms in total. The van der Waals surface area contributed by atoms with Crippen molar-refractivity contribution in [3.05, 3.63) is 83.1 Å². The molecule has 3 heterocycles. The van der Waals surface area contributed by atoms with Gasteiger partial charge in [-0.3, -0.25) is 9.69 Å². The Kier molecular flexibility index (Phi) is 5.11. The molecule has 6 rings (SSSR count). The molecule has 3 aliphatic heterocycles. The second kappa shape index (κ2) is 8.43. The standard InChI is InChI=1S/C27H24N2O5/c30-22-8-7-20-26(31)25(15-18-6-9-23-24(14-18)33-17-32-23)34-27(20)21(22)16-28-10-12-29(13-11-28)19-4-2-1-3-5-19/h1-9,14-15,30H,10-13,16-17H2/b25-15-. The number of phenolic OH excluding ortho intramolecular Hbond substituents is 1. The molecule has 3 aliphatic rings. The number of phenols is 1. The molecule has 0 bridgehead atoms. The van der Waals surface area contributed by atoms with Crippen molar-refractivity contribution in [2.24, 2.45) is 0 Å². The molecule has 3 aromatic carbocycles. The summed E-state index contributed by atoms with van der Waals surface area (Å²) < 4.78 is 16.8. The molecule has 3 aromatic rings. The predicted molar refractivity (Wildman–Crippen MR) is 128 cm³/mol. The number of carbonyl (C=O) groups excluding carboxylic acids is 1. The highest BCUT2D eigenvalue weighted by Gasteiger charge is 2.32. The Morgan fingerprint density at radius 1 is 0.912 bits per heavy atom. The summed E-state index contributed by atoms with van der Waals surface area (Å²) in [5.41, 5.74) is 3.12. The smallest absolute Gasteiger partial charge is 0.231 e. The average molecular weight is 456 g/mol. The van der Waals surface area contributed by atoms with Gasteiger partial charge in [0.1, 0.15) is 11.5 Å². The quantitative estimate of drug-likeness (QED) is 0.594. The topological polar surface area (TPSA) is 71.5 Å². The minimum Gasteiger partial charge on any atom is -0.507 e. The number of Topliss-reactive ketones (excluding diaryl/α,β-unsaturated/α-hetero) is 1. The Morgan fingerprint density at radius 2 is 1.71 bits per heavy atom. The molecule has 1 N–H and O–H groups in total. The molecule has 1 fully saturated rings. The Hall–Kier alpha value is -3.97. The third kappa shape index (κ3) is 3.74. The van der Waals surface area contributed by atoms with Crippen molar-refractivity contribution in [1.82, 2.24) is 4.90 Å². The van der Waals surface area contributed by atoms with E-state index < -0.39 is 0 Å². The number of aromatic hydroxyl groups is 1. The molecule has 7 heteroatoms. The number of hydrogen-bond donors (Lipinski definition) is 1. The van der Waals surface area contributed by atoms with Crippen LogP contribution in [0.2, 0.25) is 0 Å². The van der Waals surface area contributed by atoms with Gasteiger partial charge in [-0.1, -0.05) is 24.3 Å². The maximum absolute atomic E-state index is 13.0. The molecule has 0 radical (unpaired) electrons. The Morgan fingerprint density at radius 3 is 2.53 bits per heavy atom. The van der Waals surface area contributed by atoms with Gasteiger partial charge in [0.2, 0.25) is 12.6 Å². The fraction of sp³-hybridized carbons (Fsp3) is 0.222. The van der Waals surface area contributed by atoms with Gasteiger partial charge in [-0.05, 0) is 48.0 Å². The van der Waals surface area contributed by atoms with E-state index in [4.69, 9.17) is 14.2 Å². The van der Waals surface area contributed by atoms with Crippen LogP contribution >= 0.6 is 0 Å². The molecule has 0 spiro atoms. The highest BCUT2D eigenvalue weighted by molar-refractivity contribution is 6.15. The van der Waals surface area contributed by atoms with Gasteiger partial charge >= 0.3 is 0 Å². The van der Waals surface area contributed by atoms with E-state index in [9.17, 15) is 9.90 Å². The van der Waals surface area contributed by atoms with Crippen LogP contribution in [0.15, 0.2) is 66.4 Å². The summed E-state index contributed by atoms with van der Waals surface area (Å²) >= 11 is 0. The van der Waals surface area contributed by atoms with E-state index in [1.54, 1.807) is 18.2 Å². The van der Waals surface area contributed by atoms with E-state index in [-0.39, 0.29) is 24.1 Å². The van der Waals surface area contributed by atoms with Crippen molar-refractivity contribution in [2.45, 2.75) is 6.54 Å². The van der Waals surface area contributed by atoms with E-state index in [1.165, 1.54) is 5.69 Å². The first-order valence-electron chi connectivity index (χ1n) is 11.4. The summed E-state index contributed by atoms with van der Waals surface area (Å²) in [5, 5.41) is 10.6. The van der Waals surface area contributed by atoms with Crippen LogP contribution in [0.3, 0.4) is 0 Å². The maximum atomic E-state index is 13.0. The number of para-hydroxylation sites is 1. The summed E-state index contributed by atoms with van der Waals surface area (Å²) in [4.78, 5) is 17.7. The zero-order valence-electron chi connectivity index (χ0n) is 18.6.